The van der Waals surface area contributed by atoms with Crippen molar-refractivity contribution in [2.45, 2.75) is 44.9 Å². The van der Waals surface area contributed by atoms with E-state index >= 15 is 0 Å². The lowest BCUT2D eigenvalue weighted by molar-refractivity contribution is 0.218. The second-order valence-corrected chi connectivity index (χ2v) is 7.50. The van der Waals surface area contributed by atoms with Crippen LogP contribution in [-0.4, -0.2) is 5.38 Å². The first kappa shape index (κ1) is 14.9. The monoisotopic (exact) mass is 300 g/mol. The lowest BCUT2D eigenvalue weighted by Crippen LogP contribution is -2.29. The van der Waals surface area contributed by atoms with Gasteiger partial charge in [0.2, 0.25) is 0 Å². The fourth-order valence-corrected chi connectivity index (χ4v) is 4.15. The highest BCUT2D eigenvalue weighted by molar-refractivity contribution is 6.20. The van der Waals surface area contributed by atoms with E-state index in [0.29, 0.717) is 11.3 Å². The second kappa shape index (κ2) is 6.40. The molecule has 1 saturated carbocycles. The van der Waals surface area contributed by atoms with Crippen molar-refractivity contribution in [3.63, 3.8) is 0 Å². The van der Waals surface area contributed by atoms with Gasteiger partial charge in [-0.05, 0) is 59.8 Å². The summed E-state index contributed by atoms with van der Waals surface area (Å²) in [6.45, 7) is 4.71. The third kappa shape index (κ3) is 3.26. The van der Waals surface area contributed by atoms with Gasteiger partial charge in [-0.2, -0.15) is 0 Å². The molecule has 1 aliphatic carbocycles. The van der Waals surface area contributed by atoms with E-state index in [1.807, 2.05) is 0 Å². The highest BCUT2D eigenvalue weighted by atomic mass is 35.5. The van der Waals surface area contributed by atoms with E-state index in [4.69, 9.17) is 11.6 Å². The summed E-state index contributed by atoms with van der Waals surface area (Å²) in [5, 5.41) is 3.09. The zero-order chi connectivity index (χ0) is 14.8. The summed E-state index contributed by atoms with van der Waals surface area (Å²) >= 11 is 6.65. The van der Waals surface area contributed by atoms with Crippen LogP contribution < -0.4 is 0 Å². The third-order valence-electron chi connectivity index (χ3n) is 5.24. The molecule has 112 valence electrons. The minimum absolute atomic E-state index is 0.346. The van der Waals surface area contributed by atoms with Crippen molar-refractivity contribution in [1.82, 2.24) is 0 Å². The highest BCUT2D eigenvalue weighted by Crippen LogP contribution is 2.38. The van der Waals surface area contributed by atoms with E-state index in [2.05, 4.69) is 56.3 Å². The van der Waals surface area contributed by atoms with E-state index in [1.54, 1.807) is 0 Å². The molecule has 1 fully saturated rings. The average molecular weight is 301 g/mol. The second-order valence-electron chi connectivity index (χ2n) is 6.94. The molecule has 0 nitrogen and oxygen atoms in total. The molecular formula is C20H25Cl. The fraction of sp³-hybridized carbons (Fsp3) is 0.500. The minimum atomic E-state index is 0.346. The molecule has 3 atom stereocenters. The smallest absolute Gasteiger partial charge is 0.0367 e. The number of alkyl halides is 1. The molecule has 2 aromatic rings. The summed E-state index contributed by atoms with van der Waals surface area (Å²) in [7, 11) is 0. The molecule has 0 heterocycles. The zero-order valence-electron chi connectivity index (χ0n) is 13.1. The van der Waals surface area contributed by atoms with Gasteiger partial charge in [-0.3, -0.25) is 0 Å². The van der Waals surface area contributed by atoms with E-state index in [0.717, 1.165) is 18.3 Å². The van der Waals surface area contributed by atoms with Gasteiger partial charge >= 0.3 is 0 Å². The van der Waals surface area contributed by atoms with Gasteiger partial charge in [0, 0.05) is 5.38 Å². The number of hydrogen-bond donors (Lipinski definition) is 0. The Morgan fingerprint density at radius 1 is 1.05 bits per heavy atom. The largest absolute Gasteiger partial charge is 0.123 e. The number of benzene rings is 2. The van der Waals surface area contributed by atoms with Crippen molar-refractivity contribution in [3.05, 3.63) is 48.0 Å². The van der Waals surface area contributed by atoms with E-state index in [-0.39, 0.29) is 0 Å². The van der Waals surface area contributed by atoms with Crippen LogP contribution in [0.2, 0.25) is 0 Å². The van der Waals surface area contributed by atoms with Crippen LogP contribution in [0, 0.1) is 17.8 Å². The Balaban J connectivity index is 1.83. The lowest BCUT2D eigenvalue weighted by atomic mass is 9.74. The molecule has 3 rings (SSSR count). The maximum absolute atomic E-state index is 6.65. The van der Waals surface area contributed by atoms with Crippen LogP contribution in [0.1, 0.15) is 38.7 Å². The summed E-state index contributed by atoms with van der Waals surface area (Å²) in [5.41, 5.74) is 1.47. The lowest BCUT2D eigenvalue weighted by Gasteiger charge is -2.35. The van der Waals surface area contributed by atoms with Crippen molar-refractivity contribution in [2.24, 2.45) is 17.8 Å². The van der Waals surface area contributed by atoms with Gasteiger partial charge in [0.05, 0.1) is 0 Å². The van der Waals surface area contributed by atoms with Crippen LogP contribution in [0.5, 0.6) is 0 Å². The van der Waals surface area contributed by atoms with Gasteiger partial charge in [-0.15, -0.1) is 11.6 Å². The number of hydrogen-bond acceptors (Lipinski definition) is 0. The molecule has 0 aliphatic heterocycles. The van der Waals surface area contributed by atoms with Crippen molar-refractivity contribution in [3.8, 4) is 0 Å². The summed E-state index contributed by atoms with van der Waals surface area (Å²) in [5.74, 6) is 2.25. The van der Waals surface area contributed by atoms with Crippen molar-refractivity contribution < 1.29 is 0 Å². The van der Waals surface area contributed by atoms with Crippen LogP contribution in [0.4, 0.5) is 0 Å². The quantitative estimate of drug-likeness (QED) is 0.604. The normalized spacial score (nSPS) is 26.4. The number of fused-ring (bicyclic) bond motifs is 1. The Morgan fingerprint density at radius 3 is 2.62 bits per heavy atom. The van der Waals surface area contributed by atoms with Crippen LogP contribution in [0.3, 0.4) is 0 Å². The Morgan fingerprint density at radius 2 is 1.81 bits per heavy atom. The number of halogens is 1. The standard InChI is InChI=1S/C20H25Cl/c1-14(2)16-10-11-20(21)18(12-16)13-17-8-5-7-15-6-3-4-9-19(15)17/h3-9,14,16,18,20H,10-13H2,1-2H3. The highest BCUT2D eigenvalue weighted by Gasteiger charge is 2.30. The Labute approximate surface area is 133 Å². The van der Waals surface area contributed by atoms with Gasteiger partial charge in [0.15, 0.2) is 0 Å². The molecule has 0 amide bonds. The van der Waals surface area contributed by atoms with Gasteiger partial charge in [-0.1, -0.05) is 56.3 Å². The maximum Gasteiger partial charge on any atom is 0.0367 e. The first-order valence-corrected chi connectivity index (χ1v) is 8.69. The topological polar surface area (TPSA) is 0 Å². The average Bonchev–Trinajstić information content (AvgIpc) is 2.49. The fourth-order valence-electron chi connectivity index (χ4n) is 3.83. The summed E-state index contributed by atoms with van der Waals surface area (Å²) in [4.78, 5) is 0. The van der Waals surface area contributed by atoms with Gasteiger partial charge in [0.25, 0.3) is 0 Å². The molecule has 1 aliphatic rings. The molecule has 0 aromatic heterocycles. The summed E-state index contributed by atoms with van der Waals surface area (Å²) in [6.07, 6.45) is 4.89. The molecule has 1 heteroatoms. The molecule has 21 heavy (non-hydrogen) atoms. The molecule has 0 N–H and O–H groups in total. The van der Waals surface area contributed by atoms with Gasteiger partial charge < -0.3 is 0 Å². The van der Waals surface area contributed by atoms with Crippen LogP contribution in [0.15, 0.2) is 42.5 Å². The molecule has 0 spiro atoms. The minimum Gasteiger partial charge on any atom is -0.123 e. The van der Waals surface area contributed by atoms with Gasteiger partial charge in [-0.25, -0.2) is 0 Å². The van der Waals surface area contributed by atoms with E-state index in [1.165, 1.54) is 35.6 Å². The molecular weight excluding hydrogens is 276 g/mol. The number of rotatable bonds is 3. The van der Waals surface area contributed by atoms with Crippen molar-refractivity contribution >= 4 is 22.4 Å². The predicted molar refractivity (Wildman–Crippen MR) is 93.0 cm³/mol. The molecule has 0 bridgehead atoms. The first-order chi connectivity index (χ1) is 10.1. The summed E-state index contributed by atoms with van der Waals surface area (Å²) in [6, 6.07) is 15.4. The molecule has 2 aromatic carbocycles. The van der Waals surface area contributed by atoms with Crippen LogP contribution in [-0.2, 0) is 6.42 Å². The summed E-state index contributed by atoms with van der Waals surface area (Å²) < 4.78 is 0. The van der Waals surface area contributed by atoms with E-state index < -0.39 is 0 Å². The Bertz CT molecular complexity index is 596. The van der Waals surface area contributed by atoms with E-state index in [9.17, 15) is 0 Å². The third-order valence-corrected chi connectivity index (χ3v) is 5.81. The van der Waals surface area contributed by atoms with Crippen LogP contribution >= 0.6 is 11.6 Å². The molecule has 3 unspecified atom stereocenters. The molecule has 0 radical (unpaired) electrons. The first-order valence-electron chi connectivity index (χ1n) is 8.26. The Hall–Kier alpha value is -1.01. The van der Waals surface area contributed by atoms with Crippen molar-refractivity contribution in [2.75, 3.05) is 0 Å². The SMILES string of the molecule is CC(C)C1CCC(Cl)C(Cc2cccc3ccccc23)C1. The maximum atomic E-state index is 6.65. The molecule has 0 saturated heterocycles. The Kier molecular flexibility index (Phi) is 4.54. The van der Waals surface area contributed by atoms with Gasteiger partial charge in [0.1, 0.15) is 0 Å². The van der Waals surface area contributed by atoms with Crippen LogP contribution in [0.25, 0.3) is 10.8 Å². The van der Waals surface area contributed by atoms with Crippen molar-refractivity contribution in [1.29, 1.82) is 0 Å². The predicted octanol–water partition coefficient (Wildman–Crippen LogP) is 6.06. The zero-order valence-corrected chi connectivity index (χ0v) is 13.8.